The van der Waals surface area contributed by atoms with Gasteiger partial charge >= 0.3 is 0 Å². The lowest BCUT2D eigenvalue weighted by molar-refractivity contribution is 0.415. The zero-order chi connectivity index (χ0) is 18.7. The number of anilines is 1. The van der Waals surface area contributed by atoms with Crippen LogP contribution in [0.15, 0.2) is 18.2 Å². The predicted molar refractivity (Wildman–Crippen MR) is 108 cm³/mol. The number of aromatic nitrogens is 2. The first-order chi connectivity index (χ1) is 12.5. The normalized spacial score (nSPS) is 15.1. The van der Waals surface area contributed by atoms with E-state index < -0.39 is 0 Å². The molecule has 1 aliphatic rings. The molecule has 2 N–H and O–H groups in total. The van der Waals surface area contributed by atoms with E-state index in [-0.39, 0.29) is 12.4 Å². The smallest absolute Gasteiger partial charge is 0.171 e. The van der Waals surface area contributed by atoms with Crippen molar-refractivity contribution in [2.75, 3.05) is 5.32 Å². The molecule has 0 amide bonds. The molecule has 1 aromatic heterocycles. The molecule has 1 aromatic carbocycles. The summed E-state index contributed by atoms with van der Waals surface area (Å²) in [4.78, 5) is 0. The quantitative estimate of drug-likeness (QED) is 0.719. The Labute approximate surface area is 164 Å². The fraction of sp³-hybridized carbons (Fsp3) is 0.474. The molecule has 0 spiro atoms. The van der Waals surface area contributed by atoms with Gasteiger partial charge in [-0.05, 0) is 51.0 Å². The van der Waals surface area contributed by atoms with Crippen molar-refractivity contribution in [1.82, 2.24) is 15.1 Å². The second-order valence-electron chi connectivity index (χ2n) is 6.84. The molecule has 0 aliphatic heterocycles. The number of hydrogen-bond donors (Lipinski definition) is 2. The van der Waals surface area contributed by atoms with E-state index >= 15 is 0 Å². The van der Waals surface area contributed by atoms with E-state index in [1.165, 1.54) is 25.3 Å². The Morgan fingerprint density at radius 2 is 2.04 bits per heavy atom. The van der Waals surface area contributed by atoms with E-state index in [0.29, 0.717) is 21.7 Å². The van der Waals surface area contributed by atoms with Crippen molar-refractivity contribution in [2.24, 2.45) is 0 Å². The van der Waals surface area contributed by atoms with Crippen molar-refractivity contribution in [3.05, 3.63) is 46.0 Å². The number of benzene rings is 1. The summed E-state index contributed by atoms with van der Waals surface area (Å²) in [5.74, 6) is -0.325. The summed E-state index contributed by atoms with van der Waals surface area (Å²) in [6.07, 6.45) is 6.12. The molecular formula is C19H24ClFN4S. The molecule has 0 unspecified atom stereocenters. The van der Waals surface area contributed by atoms with Gasteiger partial charge in [0, 0.05) is 16.6 Å². The van der Waals surface area contributed by atoms with Crippen molar-refractivity contribution in [3.63, 3.8) is 0 Å². The number of hydrogen-bond acceptors (Lipinski definition) is 2. The lowest BCUT2D eigenvalue weighted by atomic mass is 9.96. The molecule has 0 radical (unpaired) electrons. The Bertz CT molecular complexity index is 779. The van der Waals surface area contributed by atoms with Crippen molar-refractivity contribution >= 4 is 34.6 Å². The molecule has 7 heteroatoms. The summed E-state index contributed by atoms with van der Waals surface area (Å²) in [5.41, 5.74) is 3.03. The molecule has 26 heavy (non-hydrogen) atoms. The van der Waals surface area contributed by atoms with Crippen LogP contribution in [0.25, 0.3) is 0 Å². The Balaban J connectivity index is 1.72. The Morgan fingerprint density at radius 1 is 1.31 bits per heavy atom. The van der Waals surface area contributed by atoms with E-state index in [0.717, 1.165) is 29.9 Å². The first-order valence-electron chi connectivity index (χ1n) is 9.00. The highest BCUT2D eigenvalue weighted by molar-refractivity contribution is 7.80. The highest BCUT2D eigenvalue weighted by atomic mass is 35.5. The SMILES string of the molecule is Cc1nn(Cc2c(F)cccc2Cl)c(C)c1NC(=S)NC1CCCCC1. The van der Waals surface area contributed by atoms with Crippen molar-refractivity contribution in [2.45, 2.75) is 58.5 Å². The van der Waals surface area contributed by atoms with Crippen LogP contribution >= 0.6 is 23.8 Å². The molecule has 0 atom stereocenters. The van der Waals surface area contributed by atoms with Gasteiger partial charge in [-0.2, -0.15) is 5.10 Å². The van der Waals surface area contributed by atoms with Crippen LogP contribution in [-0.2, 0) is 6.54 Å². The standard InChI is InChI=1S/C19H24ClFN4S/c1-12-18(23-19(26)22-14-7-4-3-5-8-14)13(2)25(24-12)11-15-16(20)9-6-10-17(15)21/h6,9-10,14H,3-5,7-8,11H2,1-2H3,(H2,22,23,26). The van der Waals surface area contributed by atoms with Gasteiger partial charge in [-0.1, -0.05) is 36.9 Å². The minimum atomic E-state index is -0.325. The predicted octanol–water partition coefficient (Wildman–Crippen LogP) is 4.96. The van der Waals surface area contributed by atoms with E-state index in [1.807, 2.05) is 13.8 Å². The van der Waals surface area contributed by atoms with Gasteiger partial charge in [-0.25, -0.2) is 4.39 Å². The van der Waals surface area contributed by atoms with Crippen LogP contribution in [0.5, 0.6) is 0 Å². The number of thiocarbonyl (C=S) groups is 1. The van der Waals surface area contributed by atoms with Gasteiger partial charge in [0.25, 0.3) is 0 Å². The number of aryl methyl sites for hydroxylation is 1. The molecular weight excluding hydrogens is 371 g/mol. The van der Waals surface area contributed by atoms with Crippen LogP contribution in [-0.4, -0.2) is 20.9 Å². The molecule has 0 bridgehead atoms. The third-order valence-corrected chi connectivity index (χ3v) is 5.50. The Hall–Kier alpha value is -1.66. The highest BCUT2D eigenvalue weighted by Gasteiger charge is 2.18. The zero-order valence-electron chi connectivity index (χ0n) is 15.1. The largest absolute Gasteiger partial charge is 0.360 e. The van der Waals surface area contributed by atoms with E-state index in [1.54, 1.807) is 16.8 Å². The molecule has 2 aromatic rings. The molecule has 0 saturated heterocycles. The maximum Gasteiger partial charge on any atom is 0.171 e. The van der Waals surface area contributed by atoms with Gasteiger partial charge < -0.3 is 10.6 Å². The summed E-state index contributed by atoms with van der Waals surface area (Å²) in [5, 5.41) is 12.2. The first kappa shape index (κ1) is 19.1. The van der Waals surface area contributed by atoms with Crippen LogP contribution in [0.2, 0.25) is 5.02 Å². The van der Waals surface area contributed by atoms with Gasteiger partial charge in [-0.3, -0.25) is 4.68 Å². The van der Waals surface area contributed by atoms with Gasteiger partial charge in [-0.15, -0.1) is 0 Å². The van der Waals surface area contributed by atoms with E-state index in [9.17, 15) is 4.39 Å². The van der Waals surface area contributed by atoms with Gasteiger partial charge in [0.2, 0.25) is 0 Å². The average molecular weight is 395 g/mol. The fourth-order valence-electron chi connectivity index (χ4n) is 3.45. The molecule has 1 heterocycles. The third-order valence-electron chi connectivity index (χ3n) is 4.93. The van der Waals surface area contributed by atoms with Gasteiger partial charge in [0.15, 0.2) is 5.11 Å². The Kier molecular flexibility index (Phi) is 6.14. The highest BCUT2D eigenvalue weighted by Crippen LogP contribution is 2.25. The fourth-order valence-corrected chi connectivity index (χ4v) is 3.94. The topological polar surface area (TPSA) is 41.9 Å². The van der Waals surface area contributed by atoms with Gasteiger partial charge in [0.05, 0.1) is 23.6 Å². The van der Waals surface area contributed by atoms with E-state index in [4.69, 9.17) is 23.8 Å². The molecule has 1 fully saturated rings. The number of nitrogens with zero attached hydrogens (tertiary/aromatic N) is 2. The lowest BCUT2D eigenvalue weighted by Crippen LogP contribution is -2.39. The first-order valence-corrected chi connectivity index (χ1v) is 9.78. The third kappa shape index (κ3) is 4.35. The minimum Gasteiger partial charge on any atom is -0.360 e. The average Bonchev–Trinajstić information content (AvgIpc) is 2.86. The maximum atomic E-state index is 14.1. The van der Waals surface area contributed by atoms with E-state index in [2.05, 4.69) is 15.7 Å². The molecule has 1 saturated carbocycles. The molecule has 4 nitrogen and oxygen atoms in total. The van der Waals surface area contributed by atoms with Gasteiger partial charge in [0.1, 0.15) is 5.82 Å². The summed E-state index contributed by atoms with van der Waals surface area (Å²) in [6.45, 7) is 4.14. The van der Waals surface area contributed by atoms with Crippen molar-refractivity contribution in [3.8, 4) is 0 Å². The minimum absolute atomic E-state index is 0.280. The number of rotatable bonds is 4. The summed E-state index contributed by atoms with van der Waals surface area (Å²) >= 11 is 11.6. The summed E-state index contributed by atoms with van der Waals surface area (Å²) < 4.78 is 15.8. The van der Waals surface area contributed by atoms with Crippen molar-refractivity contribution in [1.29, 1.82) is 0 Å². The molecule has 1 aliphatic carbocycles. The molecule has 140 valence electrons. The molecule has 3 rings (SSSR count). The number of halogens is 2. The van der Waals surface area contributed by atoms with Crippen LogP contribution in [0.4, 0.5) is 10.1 Å². The number of nitrogens with one attached hydrogen (secondary N) is 2. The van der Waals surface area contributed by atoms with Crippen LogP contribution < -0.4 is 10.6 Å². The second-order valence-corrected chi connectivity index (χ2v) is 7.65. The maximum absolute atomic E-state index is 14.1. The summed E-state index contributed by atoms with van der Waals surface area (Å²) in [6, 6.07) is 5.14. The summed E-state index contributed by atoms with van der Waals surface area (Å²) in [7, 11) is 0. The zero-order valence-corrected chi connectivity index (χ0v) is 16.7. The van der Waals surface area contributed by atoms with Crippen LogP contribution in [0, 0.1) is 19.7 Å². The lowest BCUT2D eigenvalue weighted by Gasteiger charge is -2.24. The van der Waals surface area contributed by atoms with Crippen LogP contribution in [0.1, 0.15) is 49.1 Å². The van der Waals surface area contributed by atoms with Crippen molar-refractivity contribution < 1.29 is 4.39 Å². The monoisotopic (exact) mass is 394 g/mol. The van der Waals surface area contributed by atoms with Crippen LogP contribution in [0.3, 0.4) is 0 Å². The Morgan fingerprint density at radius 3 is 2.73 bits per heavy atom. The second kappa shape index (κ2) is 8.35.